The van der Waals surface area contributed by atoms with E-state index in [1.54, 1.807) is 20.3 Å². The van der Waals surface area contributed by atoms with Gasteiger partial charge in [-0.15, -0.1) is 0 Å². The molecule has 1 aliphatic heterocycles. The number of rotatable bonds is 7. The largest absolute Gasteiger partial charge is 0.496 e. The predicted molar refractivity (Wildman–Crippen MR) is 107 cm³/mol. The number of esters is 1. The smallest absolute Gasteiger partial charge is 0.335 e. The molecule has 28 heavy (non-hydrogen) atoms. The minimum absolute atomic E-state index is 0.285. The second kappa shape index (κ2) is 9.28. The highest BCUT2D eigenvalue weighted by atomic mass is 16.5. The molecule has 0 radical (unpaired) electrons. The van der Waals surface area contributed by atoms with Gasteiger partial charge in [-0.2, -0.15) is 0 Å². The first kappa shape index (κ1) is 19.8. The molecule has 148 valence electrons. The maximum atomic E-state index is 12.1. The first-order chi connectivity index (χ1) is 13.6. The van der Waals surface area contributed by atoms with Crippen molar-refractivity contribution >= 4 is 11.5 Å². The summed E-state index contributed by atoms with van der Waals surface area (Å²) in [6, 6.07) is 13.5. The first-order valence-electron chi connectivity index (χ1n) is 9.11. The molecule has 2 aromatic rings. The lowest BCUT2D eigenvalue weighted by Gasteiger charge is -2.20. The van der Waals surface area contributed by atoms with Crippen LogP contribution in [0.1, 0.15) is 17.5 Å². The fourth-order valence-electron chi connectivity index (χ4n) is 3.20. The van der Waals surface area contributed by atoms with Crippen LogP contribution < -0.4 is 19.5 Å². The lowest BCUT2D eigenvalue weighted by molar-refractivity contribution is -0.136. The van der Waals surface area contributed by atoms with Crippen molar-refractivity contribution in [2.45, 2.75) is 13.0 Å². The van der Waals surface area contributed by atoms with Gasteiger partial charge in [0.1, 0.15) is 23.9 Å². The molecule has 0 aliphatic carbocycles. The summed E-state index contributed by atoms with van der Waals surface area (Å²) in [5.74, 6) is 1.72. The second-order valence-electron chi connectivity index (χ2n) is 6.41. The number of hydrogen-bond acceptors (Lipinski definition) is 6. The minimum Gasteiger partial charge on any atom is -0.496 e. The zero-order chi connectivity index (χ0) is 19.9. The molecule has 1 N–H and O–H groups in total. The summed E-state index contributed by atoms with van der Waals surface area (Å²) < 4.78 is 21.4. The molecule has 0 bridgehead atoms. The van der Waals surface area contributed by atoms with Crippen LogP contribution in [0, 0.1) is 0 Å². The quantitative estimate of drug-likeness (QED) is 0.741. The summed E-state index contributed by atoms with van der Waals surface area (Å²) in [6.45, 7) is 1.75. The van der Waals surface area contributed by atoms with Gasteiger partial charge in [0.15, 0.2) is 0 Å². The molecular weight excluding hydrogens is 358 g/mol. The van der Waals surface area contributed by atoms with Crippen molar-refractivity contribution in [1.29, 1.82) is 0 Å². The summed E-state index contributed by atoms with van der Waals surface area (Å²) in [7, 11) is 4.62. The molecule has 6 heteroatoms. The number of benzene rings is 2. The summed E-state index contributed by atoms with van der Waals surface area (Å²) in [4.78, 5) is 12.1. The van der Waals surface area contributed by atoms with Crippen LogP contribution in [0.5, 0.6) is 17.2 Å². The maximum Gasteiger partial charge on any atom is 0.335 e. The third-order valence-electron chi connectivity index (χ3n) is 4.66. The Morgan fingerprint density at radius 1 is 1.00 bits per heavy atom. The normalized spacial score (nSPS) is 13.8. The van der Waals surface area contributed by atoms with E-state index in [0.717, 1.165) is 29.7 Å². The minimum atomic E-state index is -0.285. The molecule has 1 heterocycles. The summed E-state index contributed by atoms with van der Waals surface area (Å²) in [6.07, 6.45) is 0.780. The van der Waals surface area contributed by atoms with E-state index in [4.69, 9.17) is 18.9 Å². The number of carbonyl (C=O) groups is 1. The molecule has 0 aromatic heterocycles. The molecule has 3 rings (SSSR count). The van der Waals surface area contributed by atoms with Gasteiger partial charge in [0.2, 0.25) is 0 Å². The molecular formula is C22H25NO5. The van der Waals surface area contributed by atoms with E-state index in [0.29, 0.717) is 36.0 Å². The average molecular weight is 383 g/mol. The number of nitrogens with one attached hydrogen (secondary N) is 1. The van der Waals surface area contributed by atoms with E-state index in [-0.39, 0.29) is 5.97 Å². The molecule has 0 saturated carbocycles. The van der Waals surface area contributed by atoms with Crippen LogP contribution in [0.4, 0.5) is 0 Å². The van der Waals surface area contributed by atoms with Crippen molar-refractivity contribution in [3.8, 4) is 17.2 Å². The lowest BCUT2D eigenvalue weighted by atomic mass is 9.93. The third-order valence-corrected chi connectivity index (χ3v) is 4.66. The predicted octanol–water partition coefficient (Wildman–Crippen LogP) is 3.20. The Morgan fingerprint density at radius 2 is 1.71 bits per heavy atom. The molecule has 0 spiro atoms. The van der Waals surface area contributed by atoms with Crippen LogP contribution >= 0.6 is 0 Å². The third kappa shape index (κ3) is 4.64. The fraction of sp³-hybridized carbons (Fsp3) is 0.318. The van der Waals surface area contributed by atoms with Gasteiger partial charge in [-0.3, -0.25) is 0 Å². The summed E-state index contributed by atoms with van der Waals surface area (Å²) in [5.41, 5.74) is 3.74. The standard InChI is InChI=1S/C22H25NO5/c1-25-17-10-18(26-2)12-19(11-17)28-14-15-5-4-6-16(9-15)20-7-8-23-13-21(20)22(24)27-3/h4-6,9-12,23H,7-8,13-14H2,1-3H3. The Balaban J connectivity index is 1.80. The molecule has 1 aliphatic rings. The molecule has 0 atom stereocenters. The first-order valence-corrected chi connectivity index (χ1v) is 9.11. The fourth-order valence-corrected chi connectivity index (χ4v) is 3.20. The SMILES string of the molecule is COC(=O)C1=C(c2cccc(COc3cc(OC)cc(OC)c3)c2)CCNC1. The van der Waals surface area contributed by atoms with Crippen LogP contribution in [-0.4, -0.2) is 40.4 Å². The van der Waals surface area contributed by atoms with E-state index in [9.17, 15) is 4.79 Å². The highest BCUT2D eigenvalue weighted by Crippen LogP contribution is 2.29. The van der Waals surface area contributed by atoms with Crippen molar-refractivity contribution in [1.82, 2.24) is 5.32 Å². The van der Waals surface area contributed by atoms with Crippen molar-refractivity contribution in [2.75, 3.05) is 34.4 Å². The lowest BCUT2D eigenvalue weighted by Crippen LogP contribution is -2.28. The number of carbonyl (C=O) groups excluding carboxylic acids is 1. The van der Waals surface area contributed by atoms with Gasteiger partial charge >= 0.3 is 5.97 Å². The Kier molecular flexibility index (Phi) is 6.55. The molecule has 0 amide bonds. The van der Waals surface area contributed by atoms with Crippen molar-refractivity contribution in [3.05, 3.63) is 59.2 Å². The van der Waals surface area contributed by atoms with Gasteiger partial charge in [-0.25, -0.2) is 4.79 Å². The van der Waals surface area contributed by atoms with Crippen molar-refractivity contribution < 1.29 is 23.7 Å². The van der Waals surface area contributed by atoms with Gasteiger partial charge < -0.3 is 24.3 Å². The molecule has 0 saturated heterocycles. The topological polar surface area (TPSA) is 66.0 Å². The van der Waals surface area contributed by atoms with E-state index in [1.165, 1.54) is 7.11 Å². The van der Waals surface area contributed by atoms with Crippen molar-refractivity contribution in [2.24, 2.45) is 0 Å². The molecule has 2 aromatic carbocycles. The van der Waals surface area contributed by atoms with Crippen LogP contribution in [-0.2, 0) is 16.1 Å². The van der Waals surface area contributed by atoms with Gasteiger partial charge in [0.05, 0.1) is 26.9 Å². The van der Waals surface area contributed by atoms with Gasteiger partial charge in [-0.1, -0.05) is 18.2 Å². The highest BCUT2D eigenvalue weighted by Gasteiger charge is 2.20. The maximum absolute atomic E-state index is 12.1. The molecule has 0 fully saturated rings. The number of ether oxygens (including phenoxy) is 4. The van der Waals surface area contributed by atoms with E-state index in [1.807, 2.05) is 30.3 Å². The Hall–Kier alpha value is -2.99. The van der Waals surface area contributed by atoms with Crippen molar-refractivity contribution in [3.63, 3.8) is 0 Å². The van der Waals surface area contributed by atoms with Gasteiger partial charge in [0.25, 0.3) is 0 Å². The number of hydrogen-bond donors (Lipinski definition) is 1. The zero-order valence-corrected chi connectivity index (χ0v) is 16.4. The zero-order valence-electron chi connectivity index (χ0n) is 16.4. The summed E-state index contributed by atoms with van der Waals surface area (Å²) in [5, 5.41) is 3.23. The van der Waals surface area contributed by atoms with E-state index >= 15 is 0 Å². The van der Waals surface area contributed by atoms with Crippen LogP contribution in [0.25, 0.3) is 5.57 Å². The summed E-state index contributed by atoms with van der Waals surface area (Å²) >= 11 is 0. The van der Waals surface area contributed by atoms with E-state index in [2.05, 4.69) is 11.4 Å². The molecule has 0 unspecified atom stereocenters. The average Bonchev–Trinajstić information content (AvgIpc) is 2.77. The number of methoxy groups -OCH3 is 3. The van der Waals surface area contributed by atoms with Gasteiger partial charge in [0, 0.05) is 24.7 Å². The Morgan fingerprint density at radius 3 is 2.39 bits per heavy atom. The Labute approximate surface area is 165 Å². The van der Waals surface area contributed by atoms with E-state index < -0.39 is 0 Å². The Bertz CT molecular complexity index is 853. The highest BCUT2D eigenvalue weighted by molar-refractivity contribution is 5.98. The second-order valence-corrected chi connectivity index (χ2v) is 6.41. The van der Waals surface area contributed by atoms with Crippen LogP contribution in [0.2, 0.25) is 0 Å². The van der Waals surface area contributed by atoms with Crippen LogP contribution in [0.3, 0.4) is 0 Å². The molecule has 6 nitrogen and oxygen atoms in total. The van der Waals surface area contributed by atoms with Gasteiger partial charge in [-0.05, 0) is 35.7 Å². The monoisotopic (exact) mass is 383 g/mol. The van der Waals surface area contributed by atoms with Crippen LogP contribution in [0.15, 0.2) is 48.0 Å².